The number of nitrogens with one attached hydrogen (secondary N) is 2. The molecular formula is C20H17ClF3N5O. The van der Waals surface area contributed by atoms with E-state index in [1.807, 2.05) is 30.3 Å². The molecule has 0 spiro atoms. The monoisotopic (exact) mass is 435 g/mol. The van der Waals surface area contributed by atoms with Crippen LogP contribution in [0.25, 0.3) is 0 Å². The highest BCUT2D eigenvalue weighted by Crippen LogP contribution is 2.48. The first-order chi connectivity index (χ1) is 14.3. The van der Waals surface area contributed by atoms with Crippen molar-refractivity contribution < 1.29 is 17.9 Å². The highest BCUT2D eigenvalue weighted by molar-refractivity contribution is 6.30. The van der Waals surface area contributed by atoms with Crippen LogP contribution in [0.3, 0.4) is 0 Å². The Morgan fingerprint density at radius 1 is 0.933 bits per heavy atom. The van der Waals surface area contributed by atoms with Crippen LogP contribution in [0.5, 0.6) is 6.01 Å². The van der Waals surface area contributed by atoms with Crippen LogP contribution in [0.2, 0.25) is 5.02 Å². The number of rotatable bonds is 7. The van der Waals surface area contributed by atoms with Crippen molar-refractivity contribution in [1.82, 2.24) is 15.0 Å². The van der Waals surface area contributed by atoms with E-state index in [0.717, 1.165) is 18.4 Å². The number of halogens is 4. The molecule has 0 bridgehead atoms. The quantitative estimate of drug-likeness (QED) is 0.524. The predicted molar refractivity (Wildman–Crippen MR) is 107 cm³/mol. The third kappa shape index (κ3) is 5.10. The van der Waals surface area contributed by atoms with Gasteiger partial charge in [-0.05, 0) is 42.7 Å². The molecule has 10 heteroatoms. The Labute approximate surface area is 175 Å². The van der Waals surface area contributed by atoms with Gasteiger partial charge in [0, 0.05) is 10.7 Å². The Morgan fingerprint density at radius 3 is 2.23 bits per heavy atom. The summed E-state index contributed by atoms with van der Waals surface area (Å²) in [6, 6.07) is 16.0. The maximum Gasteiger partial charge on any atom is 0.422 e. The number of hydrogen-bond acceptors (Lipinski definition) is 6. The fourth-order valence-electron chi connectivity index (χ4n) is 2.92. The van der Waals surface area contributed by atoms with Gasteiger partial charge in [-0.25, -0.2) is 0 Å². The van der Waals surface area contributed by atoms with Crippen LogP contribution >= 0.6 is 11.6 Å². The molecule has 0 amide bonds. The van der Waals surface area contributed by atoms with Crippen LogP contribution in [-0.4, -0.2) is 27.7 Å². The highest BCUT2D eigenvalue weighted by Gasteiger charge is 2.45. The number of ether oxygens (including phenoxy) is 1. The van der Waals surface area contributed by atoms with E-state index in [1.165, 1.54) is 0 Å². The molecule has 1 saturated carbocycles. The smallest absolute Gasteiger partial charge is 0.422 e. The molecule has 6 nitrogen and oxygen atoms in total. The SMILES string of the molecule is FC(F)(F)COc1nc(Nc2ccccc2)nc(NC2(c3ccc(Cl)cc3)CC2)n1. The molecule has 0 saturated heterocycles. The largest absolute Gasteiger partial charge is 0.454 e. The van der Waals surface area contributed by atoms with Crippen LogP contribution in [-0.2, 0) is 5.54 Å². The van der Waals surface area contributed by atoms with Crippen molar-refractivity contribution in [2.45, 2.75) is 24.6 Å². The zero-order valence-corrected chi connectivity index (χ0v) is 16.3. The first-order valence-electron chi connectivity index (χ1n) is 9.13. The van der Waals surface area contributed by atoms with Gasteiger partial charge < -0.3 is 15.4 Å². The summed E-state index contributed by atoms with van der Waals surface area (Å²) in [7, 11) is 0. The van der Waals surface area contributed by atoms with Gasteiger partial charge >= 0.3 is 12.2 Å². The lowest BCUT2D eigenvalue weighted by Crippen LogP contribution is -2.23. The number of aromatic nitrogens is 3. The van der Waals surface area contributed by atoms with Gasteiger partial charge in [0.1, 0.15) is 0 Å². The van der Waals surface area contributed by atoms with Crippen LogP contribution in [0, 0.1) is 0 Å². The molecule has 3 aromatic rings. The zero-order valence-electron chi connectivity index (χ0n) is 15.6. The van der Waals surface area contributed by atoms with Gasteiger partial charge in [0.15, 0.2) is 6.61 Å². The van der Waals surface area contributed by atoms with Gasteiger partial charge in [-0.3, -0.25) is 0 Å². The average molecular weight is 436 g/mol. The second kappa shape index (κ2) is 7.98. The second-order valence-electron chi connectivity index (χ2n) is 6.87. The van der Waals surface area contributed by atoms with Crippen LogP contribution in [0.1, 0.15) is 18.4 Å². The van der Waals surface area contributed by atoms with Crippen LogP contribution in [0.4, 0.5) is 30.8 Å². The third-order valence-corrected chi connectivity index (χ3v) is 4.76. The van der Waals surface area contributed by atoms with Gasteiger partial charge in [-0.15, -0.1) is 0 Å². The molecule has 1 heterocycles. The first kappa shape index (κ1) is 20.2. The minimum Gasteiger partial charge on any atom is -0.454 e. The van der Waals surface area contributed by atoms with Crippen molar-refractivity contribution in [3.8, 4) is 6.01 Å². The van der Waals surface area contributed by atoms with E-state index in [9.17, 15) is 13.2 Å². The van der Waals surface area contributed by atoms with Crippen molar-refractivity contribution >= 4 is 29.2 Å². The molecule has 0 aliphatic heterocycles. The number of alkyl halides is 3. The highest BCUT2D eigenvalue weighted by atomic mass is 35.5. The van der Waals surface area contributed by atoms with Crippen molar-refractivity contribution in [3.05, 3.63) is 65.2 Å². The normalized spacial score (nSPS) is 14.8. The van der Waals surface area contributed by atoms with Crippen molar-refractivity contribution in [2.24, 2.45) is 0 Å². The van der Waals surface area contributed by atoms with E-state index in [2.05, 4.69) is 25.6 Å². The summed E-state index contributed by atoms with van der Waals surface area (Å²) in [6.45, 7) is -1.50. The summed E-state index contributed by atoms with van der Waals surface area (Å²) < 4.78 is 42.5. The van der Waals surface area contributed by atoms with Gasteiger partial charge in [0.05, 0.1) is 5.54 Å². The number of anilines is 3. The molecule has 0 radical (unpaired) electrons. The zero-order chi connectivity index (χ0) is 21.2. The Morgan fingerprint density at radius 2 is 1.60 bits per heavy atom. The lowest BCUT2D eigenvalue weighted by Gasteiger charge is -2.19. The number of benzene rings is 2. The number of para-hydroxylation sites is 1. The van der Waals surface area contributed by atoms with Gasteiger partial charge in [0.25, 0.3) is 0 Å². The Kier molecular flexibility index (Phi) is 5.38. The number of hydrogen-bond donors (Lipinski definition) is 2. The summed E-state index contributed by atoms with van der Waals surface area (Å²) in [5, 5.41) is 6.79. The van der Waals surface area contributed by atoms with E-state index in [0.29, 0.717) is 10.7 Å². The van der Waals surface area contributed by atoms with Crippen molar-refractivity contribution in [1.29, 1.82) is 0 Å². The van der Waals surface area contributed by atoms with Crippen molar-refractivity contribution in [2.75, 3.05) is 17.2 Å². The maximum absolute atomic E-state index is 12.6. The van der Waals surface area contributed by atoms with E-state index in [4.69, 9.17) is 16.3 Å². The molecule has 2 N–H and O–H groups in total. The molecule has 1 fully saturated rings. The summed E-state index contributed by atoms with van der Waals surface area (Å²) in [6.07, 6.45) is -2.87. The fraction of sp³-hybridized carbons (Fsp3) is 0.250. The molecule has 1 aromatic heterocycles. The molecule has 30 heavy (non-hydrogen) atoms. The standard InChI is InChI=1S/C20H17ClF3N5O/c21-14-8-6-13(7-9-14)19(10-11-19)29-17-26-16(25-15-4-2-1-3-5-15)27-18(28-17)30-12-20(22,23)24/h1-9H,10-12H2,(H2,25,26,27,28,29). The second-order valence-corrected chi connectivity index (χ2v) is 7.31. The molecule has 1 aliphatic rings. The Bertz CT molecular complexity index is 1010. The molecule has 4 rings (SSSR count). The molecule has 156 valence electrons. The summed E-state index contributed by atoms with van der Waals surface area (Å²) >= 11 is 5.96. The van der Waals surface area contributed by atoms with Gasteiger partial charge in [-0.1, -0.05) is 41.9 Å². The Balaban J connectivity index is 1.60. The van der Waals surface area contributed by atoms with Crippen molar-refractivity contribution in [3.63, 3.8) is 0 Å². The summed E-state index contributed by atoms with van der Waals surface area (Å²) in [4.78, 5) is 12.3. The average Bonchev–Trinajstić information content (AvgIpc) is 3.47. The van der Waals surface area contributed by atoms with E-state index >= 15 is 0 Å². The minimum atomic E-state index is -4.51. The van der Waals surface area contributed by atoms with E-state index in [1.54, 1.807) is 24.3 Å². The van der Waals surface area contributed by atoms with Crippen LogP contribution < -0.4 is 15.4 Å². The third-order valence-electron chi connectivity index (χ3n) is 4.51. The molecule has 0 unspecified atom stereocenters. The van der Waals surface area contributed by atoms with E-state index < -0.39 is 24.3 Å². The lowest BCUT2D eigenvalue weighted by molar-refractivity contribution is -0.154. The van der Waals surface area contributed by atoms with Gasteiger partial charge in [-0.2, -0.15) is 28.1 Å². The molecule has 0 atom stereocenters. The molecule has 1 aliphatic carbocycles. The minimum absolute atomic E-state index is 0.0720. The Hall–Kier alpha value is -3.07. The van der Waals surface area contributed by atoms with E-state index in [-0.39, 0.29) is 11.9 Å². The summed E-state index contributed by atoms with van der Waals surface area (Å²) in [5.74, 6) is 0.191. The molecular weight excluding hydrogens is 419 g/mol. The fourth-order valence-corrected chi connectivity index (χ4v) is 3.05. The summed E-state index contributed by atoms with van der Waals surface area (Å²) in [5.41, 5.74) is 1.26. The van der Waals surface area contributed by atoms with Crippen LogP contribution in [0.15, 0.2) is 54.6 Å². The number of nitrogens with zero attached hydrogens (tertiary/aromatic N) is 3. The van der Waals surface area contributed by atoms with Gasteiger partial charge in [0.2, 0.25) is 11.9 Å². The maximum atomic E-state index is 12.6. The molecule has 2 aromatic carbocycles. The predicted octanol–water partition coefficient (Wildman–Crippen LogP) is 5.31. The lowest BCUT2D eigenvalue weighted by atomic mass is 10.1. The topological polar surface area (TPSA) is 72.0 Å². The first-order valence-corrected chi connectivity index (χ1v) is 9.51.